The van der Waals surface area contributed by atoms with Crippen LogP contribution in [0.3, 0.4) is 0 Å². The third kappa shape index (κ3) is 5.06. The fourth-order valence-corrected chi connectivity index (χ4v) is 2.89. The summed E-state index contributed by atoms with van der Waals surface area (Å²) in [6.45, 7) is 0. The molecule has 5 nitrogen and oxygen atoms in total. The predicted molar refractivity (Wildman–Crippen MR) is 77.8 cm³/mol. The lowest BCUT2D eigenvalue weighted by Crippen LogP contribution is -2.18. The van der Waals surface area contributed by atoms with E-state index in [0.717, 1.165) is 11.9 Å². The lowest BCUT2D eigenvalue weighted by Gasteiger charge is -2.17. The minimum absolute atomic E-state index is 0.355. The van der Waals surface area contributed by atoms with E-state index in [4.69, 9.17) is 0 Å². The van der Waals surface area contributed by atoms with E-state index in [-0.39, 0.29) is 0 Å². The van der Waals surface area contributed by atoms with Crippen molar-refractivity contribution in [1.29, 1.82) is 0 Å². The molecular weight excluding hydrogens is 262 g/mol. The summed E-state index contributed by atoms with van der Waals surface area (Å²) in [7, 11) is -3.25. The minimum Gasteiger partial charge on any atom is -0.381 e. The van der Waals surface area contributed by atoms with Gasteiger partial charge < -0.3 is 5.32 Å². The van der Waals surface area contributed by atoms with E-state index in [1.807, 2.05) is 6.07 Å². The number of hydrogen-bond acceptors (Lipinski definition) is 4. The lowest BCUT2D eigenvalue weighted by molar-refractivity contribution is 0.606. The second kappa shape index (κ2) is 6.23. The third-order valence-electron chi connectivity index (χ3n) is 3.28. The molecule has 2 rings (SSSR count). The van der Waals surface area contributed by atoms with Crippen molar-refractivity contribution in [3.05, 3.63) is 18.3 Å². The van der Waals surface area contributed by atoms with Gasteiger partial charge in [-0.2, -0.15) is 0 Å². The third-order valence-corrected chi connectivity index (χ3v) is 3.86. The maximum atomic E-state index is 11.1. The van der Waals surface area contributed by atoms with Crippen molar-refractivity contribution in [2.24, 2.45) is 0 Å². The molecule has 0 unspecified atom stereocenters. The number of nitrogens with one attached hydrogen (secondary N) is 2. The summed E-state index contributed by atoms with van der Waals surface area (Å²) >= 11 is 0. The van der Waals surface area contributed by atoms with Gasteiger partial charge in [0.2, 0.25) is 10.0 Å². The molecule has 1 aromatic heterocycles. The summed E-state index contributed by atoms with van der Waals surface area (Å²) in [6.07, 6.45) is 10.4. The topological polar surface area (TPSA) is 71.1 Å². The molecule has 1 aliphatic rings. The van der Waals surface area contributed by atoms with Crippen LogP contribution in [-0.2, 0) is 10.0 Å². The fraction of sp³-hybridized carbons (Fsp3) is 0.615. The molecule has 1 aliphatic carbocycles. The zero-order valence-electron chi connectivity index (χ0n) is 11.2. The van der Waals surface area contributed by atoms with Crippen LogP contribution in [0.25, 0.3) is 0 Å². The Morgan fingerprint density at radius 2 is 1.84 bits per heavy atom. The maximum Gasteiger partial charge on any atom is 0.230 e. The minimum atomic E-state index is -3.25. The Morgan fingerprint density at radius 3 is 2.37 bits per heavy atom. The molecule has 0 saturated heterocycles. The Labute approximate surface area is 114 Å². The first-order valence-corrected chi connectivity index (χ1v) is 8.62. The van der Waals surface area contributed by atoms with Gasteiger partial charge in [0.05, 0.1) is 18.1 Å². The highest BCUT2D eigenvalue weighted by Gasteiger charge is 2.12. The van der Waals surface area contributed by atoms with Crippen molar-refractivity contribution in [3.63, 3.8) is 0 Å². The second-order valence-electron chi connectivity index (χ2n) is 5.14. The molecule has 1 fully saturated rings. The largest absolute Gasteiger partial charge is 0.381 e. The molecule has 0 aliphatic heterocycles. The molecule has 19 heavy (non-hydrogen) atoms. The molecule has 1 saturated carbocycles. The summed E-state index contributed by atoms with van der Waals surface area (Å²) in [4.78, 5) is 4.10. The molecule has 0 amide bonds. The molecule has 1 heterocycles. The molecule has 0 aromatic carbocycles. The number of aromatic nitrogens is 1. The molecule has 2 N–H and O–H groups in total. The monoisotopic (exact) mass is 283 g/mol. The Hall–Kier alpha value is -1.30. The van der Waals surface area contributed by atoms with E-state index < -0.39 is 10.0 Å². The van der Waals surface area contributed by atoms with Crippen LogP contribution < -0.4 is 10.0 Å². The Bertz CT molecular complexity index is 491. The molecular formula is C13H21N3O2S. The van der Waals surface area contributed by atoms with Gasteiger partial charge in [-0.05, 0) is 25.0 Å². The van der Waals surface area contributed by atoms with E-state index in [1.165, 1.54) is 38.5 Å². The smallest absolute Gasteiger partial charge is 0.230 e. The van der Waals surface area contributed by atoms with E-state index in [9.17, 15) is 8.42 Å². The summed E-state index contributed by atoms with van der Waals surface area (Å²) in [5, 5.41) is 3.47. The summed E-state index contributed by atoms with van der Waals surface area (Å²) < 4.78 is 24.5. The van der Waals surface area contributed by atoms with Crippen LogP contribution in [-0.4, -0.2) is 25.7 Å². The number of anilines is 2. The van der Waals surface area contributed by atoms with Crippen LogP contribution in [0.5, 0.6) is 0 Å². The molecule has 0 spiro atoms. The van der Waals surface area contributed by atoms with Crippen LogP contribution in [0.4, 0.5) is 11.5 Å². The van der Waals surface area contributed by atoms with E-state index in [2.05, 4.69) is 15.0 Å². The fourth-order valence-electron chi connectivity index (χ4n) is 2.39. The van der Waals surface area contributed by atoms with Gasteiger partial charge in [0.1, 0.15) is 5.82 Å². The number of sulfonamides is 1. The maximum absolute atomic E-state index is 11.1. The van der Waals surface area contributed by atoms with Crippen LogP contribution in [0.2, 0.25) is 0 Å². The molecule has 0 atom stereocenters. The van der Waals surface area contributed by atoms with Gasteiger partial charge >= 0.3 is 0 Å². The number of nitrogens with zero attached hydrogens (tertiary/aromatic N) is 1. The molecule has 106 valence electrons. The zero-order chi connectivity index (χ0) is 13.7. The van der Waals surface area contributed by atoms with Crippen LogP contribution in [0.1, 0.15) is 38.5 Å². The summed E-state index contributed by atoms with van der Waals surface area (Å²) in [6, 6.07) is 4.06. The molecule has 6 heteroatoms. The molecule has 0 bridgehead atoms. The van der Waals surface area contributed by atoms with Gasteiger partial charge in [-0.15, -0.1) is 0 Å². The molecule has 0 radical (unpaired) electrons. The Morgan fingerprint density at radius 1 is 1.16 bits per heavy atom. The van der Waals surface area contributed by atoms with Gasteiger partial charge in [-0.25, -0.2) is 13.4 Å². The van der Waals surface area contributed by atoms with E-state index in [1.54, 1.807) is 12.3 Å². The highest BCUT2D eigenvalue weighted by atomic mass is 32.2. The van der Waals surface area contributed by atoms with Crippen molar-refractivity contribution in [2.45, 2.75) is 44.6 Å². The van der Waals surface area contributed by atoms with Gasteiger partial charge in [0.25, 0.3) is 0 Å². The van der Waals surface area contributed by atoms with Crippen molar-refractivity contribution < 1.29 is 8.42 Å². The van der Waals surface area contributed by atoms with Crippen molar-refractivity contribution in [2.75, 3.05) is 16.3 Å². The average molecular weight is 283 g/mol. The van der Waals surface area contributed by atoms with E-state index in [0.29, 0.717) is 11.9 Å². The van der Waals surface area contributed by atoms with Gasteiger partial charge in [0, 0.05) is 6.04 Å². The van der Waals surface area contributed by atoms with Crippen molar-refractivity contribution in [1.82, 2.24) is 4.98 Å². The zero-order valence-corrected chi connectivity index (χ0v) is 12.0. The number of pyridine rings is 1. The van der Waals surface area contributed by atoms with E-state index >= 15 is 0 Å². The van der Waals surface area contributed by atoms with Gasteiger partial charge in [-0.3, -0.25) is 4.72 Å². The van der Waals surface area contributed by atoms with Crippen LogP contribution in [0, 0.1) is 0 Å². The highest BCUT2D eigenvalue weighted by molar-refractivity contribution is 7.92. The summed E-state index contributed by atoms with van der Waals surface area (Å²) in [5.74, 6) is 0.355. The average Bonchev–Trinajstić information content (AvgIpc) is 2.58. The quantitative estimate of drug-likeness (QED) is 0.833. The van der Waals surface area contributed by atoms with Crippen molar-refractivity contribution in [3.8, 4) is 0 Å². The standard InChI is InChI=1S/C13H21N3O2S/c1-19(17,18)16-13-9-8-12(10-14-13)15-11-6-4-2-3-5-7-11/h8-11,15H,2-7H2,1H3,(H,14,16). The first kappa shape index (κ1) is 14.1. The van der Waals surface area contributed by atoms with Crippen molar-refractivity contribution >= 4 is 21.5 Å². The molecule has 1 aromatic rings. The SMILES string of the molecule is CS(=O)(=O)Nc1ccc(NC2CCCCCC2)cn1. The predicted octanol–water partition coefficient (Wildman–Crippen LogP) is 2.59. The van der Waals surface area contributed by atoms with Crippen LogP contribution in [0.15, 0.2) is 18.3 Å². The van der Waals surface area contributed by atoms with Crippen LogP contribution >= 0.6 is 0 Å². The normalized spacial score (nSPS) is 17.7. The summed E-state index contributed by atoms with van der Waals surface area (Å²) in [5.41, 5.74) is 0.950. The first-order chi connectivity index (χ1) is 9.03. The van der Waals surface area contributed by atoms with Gasteiger partial charge in [-0.1, -0.05) is 25.7 Å². The first-order valence-electron chi connectivity index (χ1n) is 6.73. The number of rotatable bonds is 4. The second-order valence-corrected chi connectivity index (χ2v) is 6.89. The highest BCUT2D eigenvalue weighted by Crippen LogP contribution is 2.21. The Kier molecular flexibility index (Phi) is 4.63. The lowest BCUT2D eigenvalue weighted by atomic mass is 10.1. The Balaban J connectivity index is 1.94. The number of hydrogen-bond donors (Lipinski definition) is 2. The van der Waals surface area contributed by atoms with Gasteiger partial charge in [0.15, 0.2) is 0 Å².